The standard InChI is InChI=1S/C23H20N4O/c1-15-11-16(2)21(24)13-20(15)23(28)17-6-7-18-14-26-27(22(18)12-17)10-8-19-5-3-4-9-25-19/h3-14H,24H2,1-2H3. The van der Waals surface area contributed by atoms with Crippen LogP contribution in [0.3, 0.4) is 0 Å². The number of nitrogen functional groups attached to an aromatic ring is 1. The van der Waals surface area contributed by atoms with Crippen molar-refractivity contribution in [2.45, 2.75) is 13.8 Å². The summed E-state index contributed by atoms with van der Waals surface area (Å²) in [5, 5.41) is 5.36. The fourth-order valence-electron chi connectivity index (χ4n) is 3.19. The number of hydrogen-bond acceptors (Lipinski definition) is 4. The Morgan fingerprint density at radius 3 is 2.71 bits per heavy atom. The molecule has 2 aromatic carbocycles. The zero-order valence-corrected chi connectivity index (χ0v) is 15.8. The van der Waals surface area contributed by atoms with Crippen LogP contribution in [0.4, 0.5) is 5.69 Å². The van der Waals surface area contributed by atoms with E-state index in [4.69, 9.17) is 5.73 Å². The largest absolute Gasteiger partial charge is 0.398 e. The molecule has 0 aliphatic rings. The van der Waals surface area contributed by atoms with Gasteiger partial charge in [-0.3, -0.25) is 9.78 Å². The van der Waals surface area contributed by atoms with Crippen LogP contribution in [0.5, 0.6) is 0 Å². The van der Waals surface area contributed by atoms with Gasteiger partial charge >= 0.3 is 0 Å². The fourth-order valence-corrected chi connectivity index (χ4v) is 3.19. The van der Waals surface area contributed by atoms with E-state index in [-0.39, 0.29) is 5.78 Å². The smallest absolute Gasteiger partial charge is 0.193 e. The third kappa shape index (κ3) is 3.30. The van der Waals surface area contributed by atoms with E-state index in [2.05, 4.69) is 10.1 Å². The molecule has 0 bridgehead atoms. The molecule has 0 aliphatic carbocycles. The molecule has 0 aliphatic heterocycles. The lowest BCUT2D eigenvalue weighted by Gasteiger charge is -2.09. The number of ketones is 1. The lowest BCUT2D eigenvalue weighted by Crippen LogP contribution is -2.06. The number of pyridine rings is 1. The number of fused-ring (bicyclic) bond motifs is 1. The Kier molecular flexibility index (Phi) is 4.49. The number of carbonyl (C=O) groups excluding carboxylic acids is 1. The molecule has 0 saturated heterocycles. The molecule has 2 aromatic heterocycles. The van der Waals surface area contributed by atoms with Gasteiger partial charge in [0.15, 0.2) is 5.78 Å². The van der Waals surface area contributed by atoms with Gasteiger partial charge in [-0.2, -0.15) is 5.10 Å². The van der Waals surface area contributed by atoms with Crippen LogP contribution in [-0.2, 0) is 0 Å². The minimum absolute atomic E-state index is 0.0486. The molecule has 0 fully saturated rings. The number of nitrogens with two attached hydrogens (primary N) is 1. The molecule has 5 heteroatoms. The van der Waals surface area contributed by atoms with E-state index in [0.29, 0.717) is 16.8 Å². The van der Waals surface area contributed by atoms with Crippen molar-refractivity contribution in [1.29, 1.82) is 0 Å². The molecule has 4 rings (SSSR count). The predicted molar refractivity (Wildman–Crippen MR) is 113 cm³/mol. The van der Waals surface area contributed by atoms with E-state index in [1.807, 2.05) is 68.6 Å². The first-order valence-corrected chi connectivity index (χ1v) is 9.01. The first-order valence-electron chi connectivity index (χ1n) is 9.01. The van der Waals surface area contributed by atoms with E-state index in [0.717, 1.165) is 27.7 Å². The van der Waals surface area contributed by atoms with E-state index in [1.54, 1.807) is 23.1 Å². The second-order valence-corrected chi connectivity index (χ2v) is 6.79. The van der Waals surface area contributed by atoms with Gasteiger partial charge in [0.05, 0.1) is 17.4 Å². The zero-order chi connectivity index (χ0) is 19.7. The first-order chi connectivity index (χ1) is 13.5. The van der Waals surface area contributed by atoms with Gasteiger partial charge in [-0.15, -0.1) is 0 Å². The number of rotatable bonds is 4. The molecule has 2 heterocycles. The SMILES string of the molecule is Cc1cc(C)c(C(=O)c2ccc3cnn(C=Cc4ccccn4)c3c2)cc1N. The maximum absolute atomic E-state index is 13.1. The molecule has 4 aromatic rings. The predicted octanol–water partition coefficient (Wildman–Crippen LogP) is 4.49. The van der Waals surface area contributed by atoms with Crippen molar-refractivity contribution in [3.63, 3.8) is 0 Å². The van der Waals surface area contributed by atoms with Crippen molar-refractivity contribution in [2.75, 3.05) is 5.73 Å². The van der Waals surface area contributed by atoms with Crippen LogP contribution in [-0.4, -0.2) is 20.5 Å². The van der Waals surface area contributed by atoms with Crippen LogP contribution in [0.2, 0.25) is 0 Å². The first kappa shape index (κ1) is 17.7. The molecule has 5 nitrogen and oxygen atoms in total. The summed E-state index contributed by atoms with van der Waals surface area (Å²) in [4.78, 5) is 17.3. The second-order valence-electron chi connectivity index (χ2n) is 6.79. The molecular weight excluding hydrogens is 348 g/mol. The van der Waals surface area contributed by atoms with Crippen LogP contribution < -0.4 is 5.73 Å². The molecule has 0 radical (unpaired) electrons. The quantitative estimate of drug-likeness (QED) is 0.425. The van der Waals surface area contributed by atoms with Gasteiger partial charge in [-0.25, -0.2) is 4.68 Å². The minimum atomic E-state index is -0.0486. The number of benzene rings is 2. The van der Waals surface area contributed by atoms with E-state index < -0.39 is 0 Å². The summed E-state index contributed by atoms with van der Waals surface area (Å²) < 4.78 is 1.75. The van der Waals surface area contributed by atoms with Gasteiger partial charge in [0.1, 0.15) is 0 Å². The van der Waals surface area contributed by atoms with E-state index in [1.165, 1.54) is 0 Å². The van der Waals surface area contributed by atoms with Crippen LogP contribution in [0.1, 0.15) is 32.7 Å². The average Bonchev–Trinajstić information content (AvgIpc) is 3.11. The summed E-state index contributed by atoms with van der Waals surface area (Å²) in [6, 6.07) is 15.0. The van der Waals surface area contributed by atoms with E-state index in [9.17, 15) is 4.79 Å². The highest BCUT2D eigenvalue weighted by Crippen LogP contribution is 2.23. The maximum Gasteiger partial charge on any atom is 0.193 e. The van der Waals surface area contributed by atoms with Crippen LogP contribution in [0.15, 0.2) is 60.9 Å². The second kappa shape index (κ2) is 7.12. The van der Waals surface area contributed by atoms with Crippen molar-refractivity contribution >= 4 is 34.6 Å². The van der Waals surface area contributed by atoms with Crippen molar-refractivity contribution in [3.8, 4) is 0 Å². The number of anilines is 1. The number of aromatic nitrogens is 3. The molecule has 138 valence electrons. The summed E-state index contributed by atoms with van der Waals surface area (Å²) in [7, 11) is 0. The summed E-state index contributed by atoms with van der Waals surface area (Å²) in [5.74, 6) is -0.0486. The number of hydrogen-bond donors (Lipinski definition) is 1. The lowest BCUT2D eigenvalue weighted by atomic mass is 9.96. The topological polar surface area (TPSA) is 73.8 Å². The minimum Gasteiger partial charge on any atom is -0.398 e. The fraction of sp³-hybridized carbons (Fsp3) is 0.0870. The number of aryl methyl sites for hydroxylation is 2. The number of nitrogens with zero attached hydrogens (tertiary/aromatic N) is 3. The molecule has 2 N–H and O–H groups in total. The van der Waals surface area contributed by atoms with Gasteiger partial charge in [-0.1, -0.05) is 24.3 Å². The molecule has 0 atom stereocenters. The summed E-state index contributed by atoms with van der Waals surface area (Å²) >= 11 is 0. The molecule has 28 heavy (non-hydrogen) atoms. The zero-order valence-electron chi connectivity index (χ0n) is 15.8. The molecule has 0 saturated carbocycles. The van der Waals surface area contributed by atoms with Gasteiger partial charge in [0.2, 0.25) is 0 Å². The Morgan fingerprint density at radius 1 is 1.07 bits per heavy atom. The van der Waals surface area contributed by atoms with Crippen molar-refractivity contribution in [2.24, 2.45) is 0 Å². The molecule has 0 unspecified atom stereocenters. The number of carbonyl (C=O) groups is 1. The van der Waals surface area contributed by atoms with E-state index >= 15 is 0 Å². The van der Waals surface area contributed by atoms with Crippen molar-refractivity contribution < 1.29 is 4.79 Å². The Bertz CT molecular complexity index is 1210. The molecular formula is C23H20N4O. The Balaban J connectivity index is 1.72. The highest BCUT2D eigenvalue weighted by Gasteiger charge is 2.15. The Morgan fingerprint density at radius 2 is 1.93 bits per heavy atom. The normalized spacial score (nSPS) is 11.4. The van der Waals surface area contributed by atoms with Gasteiger partial charge < -0.3 is 5.73 Å². The monoisotopic (exact) mass is 368 g/mol. The third-order valence-electron chi connectivity index (χ3n) is 4.79. The van der Waals surface area contributed by atoms with Crippen LogP contribution in [0, 0.1) is 13.8 Å². The Hall–Kier alpha value is -3.73. The van der Waals surface area contributed by atoms with Gasteiger partial charge in [0.25, 0.3) is 0 Å². The highest BCUT2D eigenvalue weighted by atomic mass is 16.1. The Labute approximate surface area is 163 Å². The molecule has 0 amide bonds. The van der Waals surface area contributed by atoms with Crippen LogP contribution in [0.25, 0.3) is 23.2 Å². The highest BCUT2D eigenvalue weighted by molar-refractivity contribution is 6.11. The van der Waals surface area contributed by atoms with Crippen molar-refractivity contribution in [1.82, 2.24) is 14.8 Å². The van der Waals surface area contributed by atoms with Gasteiger partial charge in [0, 0.05) is 34.6 Å². The molecule has 0 spiro atoms. The third-order valence-corrected chi connectivity index (χ3v) is 4.79. The summed E-state index contributed by atoms with van der Waals surface area (Å²) in [6.45, 7) is 3.87. The van der Waals surface area contributed by atoms with Crippen LogP contribution >= 0.6 is 0 Å². The van der Waals surface area contributed by atoms with Crippen molar-refractivity contribution in [3.05, 3.63) is 88.9 Å². The maximum atomic E-state index is 13.1. The van der Waals surface area contributed by atoms with Gasteiger partial charge in [-0.05, 0) is 55.3 Å². The average molecular weight is 368 g/mol. The summed E-state index contributed by atoms with van der Waals surface area (Å²) in [5.41, 5.74) is 11.5. The lowest BCUT2D eigenvalue weighted by molar-refractivity contribution is 0.103. The summed E-state index contributed by atoms with van der Waals surface area (Å²) in [6.07, 6.45) is 7.24.